The molecule has 0 fully saturated rings. The third-order valence-electron chi connectivity index (χ3n) is 1.60. The maximum Gasteiger partial charge on any atom is 0.181 e. The Morgan fingerprint density at radius 3 is 2.50 bits per heavy atom. The molecule has 3 heteroatoms. The highest BCUT2D eigenvalue weighted by molar-refractivity contribution is 5.26. The SMILES string of the molecule is O=c1ccn(-c2ccoc2)cc1. The average molecular weight is 161 g/mol. The fourth-order valence-electron chi connectivity index (χ4n) is 0.989. The number of aromatic nitrogens is 1. The highest BCUT2D eigenvalue weighted by Crippen LogP contribution is 2.05. The third kappa shape index (κ3) is 1.16. The molecule has 0 unspecified atom stereocenters. The summed E-state index contributed by atoms with van der Waals surface area (Å²) in [6.45, 7) is 0. The van der Waals surface area contributed by atoms with E-state index in [9.17, 15) is 4.79 Å². The summed E-state index contributed by atoms with van der Waals surface area (Å²) in [5, 5.41) is 0. The summed E-state index contributed by atoms with van der Waals surface area (Å²) in [6, 6.07) is 4.84. The molecule has 0 amide bonds. The summed E-state index contributed by atoms with van der Waals surface area (Å²) in [7, 11) is 0. The first-order valence-corrected chi connectivity index (χ1v) is 3.57. The zero-order valence-electron chi connectivity index (χ0n) is 6.31. The highest BCUT2D eigenvalue weighted by Gasteiger charge is 1.93. The zero-order valence-corrected chi connectivity index (χ0v) is 6.31. The van der Waals surface area contributed by atoms with Crippen LogP contribution in [0.2, 0.25) is 0 Å². The van der Waals surface area contributed by atoms with Crippen LogP contribution in [0.4, 0.5) is 0 Å². The van der Waals surface area contributed by atoms with Crippen LogP contribution >= 0.6 is 0 Å². The van der Waals surface area contributed by atoms with Gasteiger partial charge in [-0.1, -0.05) is 0 Å². The number of rotatable bonds is 1. The lowest BCUT2D eigenvalue weighted by Gasteiger charge is -1.98. The molecule has 0 aliphatic heterocycles. The Kier molecular flexibility index (Phi) is 1.55. The van der Waals surface area contributed by atoms with Crippen molar-refractivity contribution >= 4 is 0 Å². The summed E-state index contributed by atoms with van der Waals surface area (Å²) in [4.78, 5) is 10.8. The van der Waals surface area contributed by atoms with E-state index in [-0.39, 0.29) is 5.43 Å². The molecule has 0 saturated carbocycles. The van der Waals surface area contributed by atoms with E-state index in [1.807, 2.05) is 10.6 Å². The standard InChI is InChI=1S/C9H7NO2/c11-9-1-4-10(5-2-9)8-3-6-12-7-8/h1-7H. The molecule has 0 N–H and O–H groups in total. The lowest BCUT2D eigenvalue weighted by molar-refractivity contribution is 0.565. The van der Waals surface area contributed by atoms with Crippen LogP contribution in [0.3, 0.4) is 0 Å². The van der Waals surface area contributed by atoms with Crippen LogP contribution in [0, 0.1) is 0 Å². The van der Waals surface area contributed by atoms with Gasteiger partial charge in [0.15, 0.2) is 5.43 Å². The molecule has 0 bridgehead atoms. The van der Waals surface area contributed by atoms with Gasteiger partial charge in [-0.05, 0) is 0 Å². The van der Waals surface area contributed by atoms with Crippen molar-refractivity contribution in [3.63, 3.8) is 0 Å². The quantitative estimate of drug-likeness (QED) is 0.634. The smallest absolute Gasteiger partial charge is 0.181 e. The molecule has 2 rings (SSSR count). The highest BCUT2D eigenvalue weighted by atomic mass is 16.3. The largest absolute Gasteiger partial charge is 0.470 e. The van der Waals surface area contributed by atoms with Gasteiger partial charge in [-0.25, -0.2) is 0 Å². The second-order valence-corrected chi connectivity index (χ2v) is 2.42. The number of pyridine rings is 1. The van der Waals surface area contributed by atoms with Crippen LogP contribution in [0.25, 0.3) is 5.69 Å². The van der Waals surface area contributed by atoms with Gasteiger partial charge in [0.1, 0.15) is 6.26 Å². The van der Waals surface area contributed by atoms with E-state index < -0.39 is 0 Å². The van der Waals surface area contributed by atoms with Gasteiger partial charge in [0.05, 0.1) is 12.0 Å². The summed E-state index contributed by atoms with van der Waals surface area (Å²) in [5.41, 5.74) is 0.921. The predicted octanol–water partition coefficient (Wildman–Crippen LogP) is 1.43. The second kappa shape index (κ2) is 2.70. The molecule has 60 valence electrons. The summed E-state index contributed by atoms with van der Waals surface area (Å²) in [5.74, 6) is 0. The minimum atomic E-state index is 0.00902. The first-order valence-electron chi connectivity index (χ1n) is 3.57. The third-order valence-corrected chi connectivity index (χ3v) is 1.60. The van der Waals surface area contributed by atoms with E-state index in [2.05, 4.69) is 0 Å². The van der Waals surface area contributed by atoms with Crippen LogP contribution in [-0.4, -0.2) is 4.57 Å². The van der Waals surface area contributed by atoms with Gasteiger partial charge in [-0.3, -0.25) is 4.79 Å². The normalized spacial score (nSPS) is 10.0. The number of hydrogen-bond acceptors (Lipinski definition) is 2. The van der Waals surface area contributed by atoms with Gasteiger partial charge in [-0.15, -0.1) is 0 Å². The Labute approximate surface area is 68.9 Å². The van der Waals surface area contributed by atoms with Crippen molar-refractivity contribution in [2.45, 2.75) is 0 Å². The van der Waals surface area contributed by atoms with Crippen molar-refractivity contribution in [3.8, 4) is 5.69 Å². The first kappa shape index (κ1) is 6.91. The van der Waals surface area contributed by atoms with E-state index in [0.717, 1.165) is 5.69 Å². The maximum atomic E-state index is 10.8. The Balaban J connectivity index is 2.49. The number of hydrogen-bond donors (Lipinski definition) is 0. The van der Waals surface area contributed by atoms with Gasteiger partial charge in [0, 0.05) is 30.6 Å². The summed E-state index contributed by atoms with van der Waals surface area (Å²) >= 11 is 0. The van der Waals surface area contributed by atoms with E-state index in [4.69, 9.17) is 4.42 Å². The van der Waals surface area contributed by atoms with Gasteiger partial charge in [-0.2, -0.15) is 0 Å². The molecule has 0 radical (unpaired) electrons. The molecule has 0 aliphatic rings. The van der Waals surface area contributed by atoms with Crippen molar-refractivity contribution in [2.75, 3.05) is 0 Å². The molecule has 2 aromatic rings. The van der Waals surface area contributed by atoms with Crippen LogP contribution in [0.1, 0.15) is 0 Å². The van der Waals surface area contributed by atoms with E-state index in [1.165, 1.54) is 12.1 Å². The fraction of sp³-hybridized carbons (Fsp3) is 0. The Morgan fingerprint density at radius 2 is 1.92 bits per heavy atom. The maximum absolute atomic E-state index is 10.8. The molecule has 2 heterocycles. The van der Waals surface area contributed by atoms with Gasteiger partial charge >= 0.3 is 0 Å². The summed E-state index contributed by atoms with van der Waals surface area (Å²) < 4.78 is 6.71. The van der Waals surface area contributed by atoms with Gasteiger partial charge < -0.3 is 8.98 Å². The van der Waals surface area contributed by atoms with Crippen molar-refractivity contribution in [3.05, 3.63) is 53.3 Å². The lowest BCUT2D eigenvalue weighted by atomic mass is 10.4. The Hall–Kier alpha value is -1.77. The average Bonchev–Trinajstić information content (AvgIpc) is 2.58. The van der Waals surface area contributed by atoms with Crippen LogP contribution in [0.15, 0.2) is 52.3 Å². The van der Waals surface area contributed by atoms with Crippen LogP contribution in [0.5, 0.6) is 0 Å². The van der Waals surface area contributed by atoms with Crippen molar-refractivity contribution < 1.29 is 4.42 Å². The minimum Gasteiger partial charge on any atom is -0.470 e. The van der Waals surface area contributed by atoms with Crippen molar-refractivity contribution in [1.82, 2.24) is 4.57 Å². The monoisotopic (exact) mass is 161 g/mol. The fourth-order valence-corrected chi connectivity index (χ4v) is 0.989. The number of furan rings is 1. The molecule has 12 heavy (non-hydrogen) atoms. The molecule has 0 aliphatic carbocycles. The van der Waals surface area contributed by atoms with E-state index >= 15 is 0 Å². The topological polar surface area (TPSA) is 35.1 Å². The molecule has 0 atom stereocenters. The molecule has 0 spiro atoms. The first-order chi connectivity index (χ1) is 5.86. The van der Waals surface area contributed by atoms with Crippen LogP contribution in [-0.2, 0) is 0 Å². The molecule has 0 aromatic carbocycles. The Bertz CT molecular complexity index is 394. The van der Waals surface area contributed by atoms with Gasteiger partial charge in [0.25, 0.3) is 0 Å². The second-order valence-electron chi connectivity index (χ2n) is 2.42. The van der Waals surface area contributed by atoms with Crippen molar-refractivity contribution in [1.29, 1.82) is 0 Å². The van der Waals surface area contributed by atoms with Crippen molar-refractivity contribution in [2.24, 2.45) is 0 Å². The van der Waals surface area contributed by atoms with E-state index in [1.54, 1.807) is 24.9 Å². The molecular weight excluding hydrogens is 154 g/mol. The lowest BCUT2D eigenvalue weighted by Crippen LogP contribution is -2.00. The van der Waals surface area contributed by atoms with E-state index in [0.29, 0.717) is 0 Å². The zero-order chi connectivity index (χ0) is 8.39. The molecule has 0 saturated heterocycles. The van der Waals surface area contributed by atoms with Crippen LogP contribution < -0.4 is 5.43 Å². The Morgan fingerprint density at radius 1 is 1.17 bits per heavy atom. The molecule has 2 aromatic heterocycles. The molecule has 3 nitrogen and oxygen atoms in total. The van der Waals surface area contributed by atoms with Gasteiger partial charge in [0.2, 0.25) is 0 Å². The predicted molar refractivity (Wildman–Crippen MR) is 44.3 cm³/mol. The number of nitrogens with zero attached hydrogens (tertiary/aromatic N) is 1. The summed E-state index contributed by atoms with van der Waals surface area (Å²) in [6.07, 6.45) is 6.61. The minimum absolute atomic E-state index is 0.00902. The molecular formula is C9H7NO2.